The van der Waals surface area contributed by atoms with Gasteiger partial charge in [0, 0.05) is 70.5 Å². The van der Waals surface area contributed by atoms with Gasteiger partial charge in [0.05, 0.1) is 17.1 Å². The van der Waals surface area contributed by atoms with Crippen molar-refractivity contribution in [2.75, 3.05) is 0 Å². The third-order valence-electron chi connectivity index (χ3n) is 10.6. The number of para-hydroxylation sites is 1. The normalized spacial score (nSPS) is 11.6. The summed E-state index contributed by atoms with van der Waals surface area (Å²) in [4.78, 5) is 14.8. The Morgan fingerprint density at radius 3 is 1.91 bits per heavy atom. The van der Waals surface area contributed by atoms with Crippen molar-refractivity contribution >= 4 is 53.4 Å². The van der Waals surface area contributed by atoms with Crippen LogP contribution in [-0.2, 0) is 0 Å². The van der Waals surface area contributed by atoms with E-state index < -0.39 is 0 Å². The lowest BCUT2D eigenvalue weighted by Gasteiger charge is -2.12. The zero-order valence-corrected chi connectivity index (χ0v) is 30.9. The molecule has 56 heavy (non-hydrogen) atoms. The summed E-state index contributed by atoms with van der Waals surface area (Å²) < 4.78 is 9.32. The van der Waals surface area contributed by atoms with Crippen molar-refractivity contribution in [2.45, 2.75) is 0 Å². The van der Waals surface area contributed by atoms with Gasteiger partial charge in [0.15, 0.2) is 5.82 Å². The van der Waals surface area contributed by atoms with E-state index in [1.165, 1.54) is 31.3 Å². The summed E-state index contributed by atoms with van der Waals surface area (Å²) in [7, 11) is 0. The van der Waals surface area contributed by atoms with E-state index in [-0.39, 0.29) is 0 Å². The van der Waals surface area contributed by atoms with Crippen LogP contribution in [0.15, 0.2) is 193 Å². The lowest BCUT2D eigenvalue weighted by atomic mass is 9.93. The minimum absolute atomic E-state index is 0.664. The van der Waals surface area contributed by atoms with Gasteiger partial charge in [-0.1, -0.05) is 140 Å². The van der Waals surface area contributed by atoms with Crippen molar-refractivity contribution in [3.8, 4) is 67.4 Å². The maximum absolute atomic E-state index is 6.73. The Hall–Kier alpha value is -7.21. The van der Waals surface area contributed by atoms with Crippen molar-refractivity contribution in [2.24, 2.45) is 0 Å². The number of thiophene rings is 1. The molecular weight excluding hydrogens is 703 g/mol. The molecule has 0 aliphatic carbocycles. The number of aromatic nitrogens is 3. The Bertz CT molecular complexity index is 3240. The fourth-order valence-corrected chi connectivity index (χ4v) is 9.12. The molecule has 4 heterocycles. The lowest BCUT2D eigenvalue weighted by molar-refractivity contribution is 0.670. The van der Waals surface area contributed by atoms with Crippen LogP contribution in [0.25, 0.3) is 110 Å². The van der Waals surface area contributed by atoms with Crippen LogP contribution in [0.4, 0.5) is 0 Å². The van der Waals surface area contributed by atoms with Crippen LogP contribution in [0.5, 0.6) is 0 Å². The van der Waals surface area contributed by atoms with E-state index in [2.05, 4.69) is 145 Å². The fraction of sp³-hybridized carbons (Fsp3) is 0. The molecule has 4 aromatic heterocycles. The average Bonchev–Trinajstić information content (AvgIpc) is 3.86. The first-order valence-corrected chi connectivity index (χ1v) is 19.5. The van der Waals surface area contributed by atoms with Crippen LogP contribution < -0.4 is 0 Å². The molecule has 0 aliphatic heterocycles. The highest BCUT2D eigenvalue weighted by atomic mass is 32.1. The molecule has 0 atom stereocenters. The Balaban J connectivity index is 1.03. The maximum atomic E-state index is 6.73. The van der Waals surface area contributed by atoms with E-state index in [1.54, 1.807) is 0 Å². The van der Waals surface area contributed by atoms with Gasteiger partial charge < -0.3 is 4.42 Å². The molecule has 0 aliphatic rings. The van der Waals surface area contributed by atoms with E-state index in [0.717, 1.165) is 72.4 Å². The first-order valence-electron chi connectivity index (χ1n) is 18.7. The summed E-state index contributed by atoms with van der Waals surface area (Å²) in [5.74, 6) is 0.664. The zero-order valence-electron chi connectivity index (χ0n) is 30.1. The molecule has 0 saturated heterocycles. The molecule has 11 rings (SSSR count). The van der Waals surface area contributed by atoms with E-state index in [9.17, 15) is 0 Å². The van der Waals surface area contributed by atoms with Gasteiger partial charge >= 0.3 is 0 Å². The Kier molecular flexibility index (Phi) is 7.64. The van der Waals surface area contributed by atoms with Crippen LogP contribution in [-0.4, -0.2) is 15.0 Å². The minimum atomic E-state index is 0.664. The molecule has 262 valence electrons. The number of hydrogen-bond donors (Lipinski definition) is 0. The molecule has 0 radical (unpaired) electrons. The monoisotopic (exact) mass is 733 g/mol. The van der Waals surface area contributed by atoms with Crippen molar-refractivity contribution < 1.29 is 4.42 Å². The van der Waals surface area contributed by atoms with Crippen molar-refractivity contribution in [1.29, 1.82) is 0 Å². The van der Waals surface area contributed by atoms with Crippen LogP contribution in [0.3, 0.4) is 0 Å². The largest absolute Gasteiger partial charge is 0.455 e. The SMILES string of the molecule is c1ccc(-c2cc(-c3cccc(-c4ccccn4)c3)nc(-c3ccc(-c4ccc(-c5cccc6c5sc5ccccc56)c5c4oc4ccccc45)cc3)n2)cc1. The summed E-state index contributed by atoms with van der Waals surface area (Å²) in [6.45, 7) is 0. The fourth-order valence-electron chi connectivity index (χ4n) is 7.89. The number of pyridine rings is 1. The van der Waals surface area contributed by atoms with E-state index in [1.807, 2.05) is 60.0 Å². The highest BCUT2D eigenvalue weighted by molar-refractivity contribution is 7.26. The second kappa shape index (κ2) is 13.3. The number of rotatable bonds is 6. The van der Waals surface area contributed by atoms with Crippen molar-refractivity contribution in [1.82, 2.24) is 15.0 Å². The van der Waals surface area contributed by atoms with Gasteiger partial charge in [-0.2, -0.15) is 0 Å². The molecular formula is C51H31N3OS. The smallest absolute Gasteiger partial charge is 0.160 e. The summed E-state index contributed by atoms with van der Waals surface area (Å²) in [6, 6.07) is 63.4. The molecule has 0 saturated carbocycles. The molecule has 0 spiro atoms. The van der Waals surface area contributed by atoms with Crippen molar-refractivity contribution in [3.63, 3.8) is 0 Å². The van der Waals surface area contributed by atoms with E-state index >= 15 is 0 Å². The number of furan rings is 1. The second-order valence-electron chi connectivity index (χ2n) is 13.9. The van der Waals surface area contributed by atoms with Crippen LogP contribution in [0.1, 0.15) is 0 Å². The second-order valence-corrected chi connectivity index (χ2v) is 15.0. The number of hydrogen-bond acceptors (Lipinski definition) is 5. The molecule has 0 fully saturated rings. The van der Waals surface area contributed by atoms with E-state index in [4.69, 9.17) is 14.4 Å². The van der Waals surface area contributed by atoms with Gasteiger partial charge in [0.25, 0.3) is 0 Å². The third kappa shape index (κ3) is 5.48. The van der Waals surface area contributed by atoms with E-state index in [0.29, 0.717) is 5.82 Å². The molecule has 5 heteroatoms. The first kappa shape index (κ1) is 32.2. The highest BCUT2D eigenvalue weighted by Gasteiger charge is 2.20. The molecule has 7 aromatic carbocycles. The van der Waals surface area contributed by atoms with Crippen LogP contribution in [0.2, 0.25) is 0 Å². The summed E-state index contributed by atoms with van der Waals surface area (Å²) >= 11 is 1.85. The number of benzene rings is 7. The van der Waals surface area contributed by atoms with Gasteiger partial charge in [0.1, 0.15) is 11.2 Å². The maximum Gasteiger partial charge on any atom is 0.160 e. The summed E-state index contributed by atoms with van der Waals surface area (Å²) in [6.07, 6.45) is 1.82. The lowest BCUT2D eigenvalue weighted by Crippen LogP contribution is -1.96. The summed E-state index contributed by atoms with van der Waals surface area (Å²) in [5, 5.41) is 4.82. The predicted octanol–water partition coefficient (Wildman–Crippen LogP) is 14.1. The Labute approximate surface area is 327 Å². The molecule has 0 bridgehead atoms. The van der Waals surface area contributed by atoms with Crippen LogP contribution >= 0.6 is 11.3 Å². The number of nitrogens with zero attached hydrogens (tertiary/aromatic N) is 3. The standard InChI is InChI=1S/C51H31N3OS/c1-2-12-33(13-3-1)44-31-45(36-15-10-14-35(30-36)43-20-8-9-29-52-43)54-51(53-44)34-25-23-32(24-26-34)37-27-28-39(48-42-17-4-6-21-46(42)55-49(37)48)41-19-11-18-40-38-16-5-7-22-47(38)56-50(40)41/h1-31H. The average molecular weight is 734 g/mol. The Morgan fingerprint density at radius 1 is 0.411 bits per heavy atom. The molecule has 0 N–H and O–H groups in total. The quantitative estimate of drug-likeness (QED) is 0.171. The molecule has 0 unspecified atom stereocenters. The third-order valence-corrected chi connectivity index (χ3v) is 11.8. The van der Waals surface area contributed by atoms with Gasteiger partial charge in [-0.05, 0) is 53.6 Å². The molecule has 11 aromatic rings. The van der Waals surface area contributed by atoms with Gasteiger partial charge in [-0.3, -0.25) is 4.98 Å². The topological polar surface area (TPSA) is 51.8 Å². The zero-order chi connectivity index (χ0) is 37.0. The Morgan fingerprint density at radius 2 is 1.07 bits per heavy atom. The van der Waals surface area contributed by atoms with Gasteiger partial charge in [-0.15, -0.1) is 11.3 Å². The summed E-state index contributed by atoms with van der Waals surface area (Å²) in [5.41, 5.74) is 12.9. The predicted molar refractivity (Wildman–Crippen MR) is 233 cm³/mol. The highest BCUT2D eigenvalue weighted by Crippen LogP contribution is 2.46. The number of fused-ring (bicyclic) bond motifs is 6. The molecule has 4 nitrogen and oxygen atoms in total. The van der Waals surface area contributed by atoms with Gasteiger partial charge in [0.2, 0.25) is 0 Å². The van der Waals surface area contributed by atoms with Gasteiger partial charge in [-0.25, -0.2) is 9.97 Å². The van der Waals surface area contributed by atoms with Crippen LogP contribution in [0, 0.1) is 0 Å². The first-order chi connectivity index (χ1) is 27.7. The molecule has 0 amide bonds. The van der Waals surface area contributed by atoms with Crippen molar-refractivity contribution in [3.05, 3.63) is 188 Å². The minimum Gasteiger partial charge on any atom is -0.455 e.